The van der Waals surface area contributed by atoms with Gasteiger partial charge in [0.25, 0.3) is 0 Å². The number of aromatic amines is 1. The van der Waals surface area contributed by atoms with E-state index in [1.54, 1.807) is 23.1 Å². The van der Waals surface area contributed by atoms with Crippen molar-refractivity contribution in [3.63, 3.8) is 0 Å². The Morgan fingerprint density at radius 1 is 1.11 bits per heavy atom. The van der Waals surface area contributed by atoms with Crippen molar-refractivity contribution in [3.8, 4) is 17.1 Å². The number of likely N-dealkylation sites (tertiary alicyclic amines) is 1. The van der Waals surface area contributed by atoms with Gasteiger partial charge in [0, 0.05) is 74.0 Å². The number of rotatable bonds is 11. The molecule has 1 aliphatic carbocycles. The Balaban J connectivity index is 0.987. The highest BCUT2D eigenvalue weighted by molar-refractivity contribution is 6.06. The third-order valence-corrected chi connectivity index (χ3v) is 8.33. The number of aryl methyl sites for hydroxylation is 3. The molecule has 0 spiro atoms. The molecule has 7 rings (SSSR count). The number of fused-ring (bicyclic) bond motifs is 1. The van der Waals surface area contributed by atoms with Gasteiger partial charge in [0.15, 0.2) is 5.82 Å². The first-order valence-electron chi connectivity index (χ1n) is 15.4. The summed E-state index contributed by atoms with van der Waals surface area (Å²) in [6, 6.07) is 9.60. The van der Waals surface area contributed by atoms with Crippen molar-refractivity contribution in [1.82, 2.24) is 39.6 Å². The molecule has 2 fully saturated rings. The second-order valence-electron chi connectivity index (χ2n) is 11.9. The average Bonchev–Trinajstić information content (AvgIpc) is 3.44. The van der Waals surface area contributed by atoms with Crippen molar-refractivity contribution in [2.75, 3.05) is 42.1 Å². The molecule has 1 saturated carbocycles. The summed E-state index contributed by atoms with van der Waals surface area (Å²) in [6.07, 6.45) is 8.77. The highest BCUT2D eigenvalue weighted by Gasteiger charge is 2.27. The van der Waals surface area contributed by atoms with Crippen LogP contribution in [0.2, 0.25) is 0 Å². The summed E-state index contributed by atoms with van der Waals surface area (Å²) in [6.45, 7) is 6.57. The Morgan fingerprint density at radius 3 is 2.82 bits per heavy atom. The van der Waals surface area contributed by atoms with Gasteiger partial charge in [-0.2, -0.15) is 10.1 Å². The van der Waals surface area contributed by atoms with Gasteiger partial charge in [-0.25, -0.2) is 15.0 Å². The van der Waals surface area contributed by atoms with Gasteiger partial charge in [0.05, 0.1) is 23.4 Å². The normalized spacial score (nSPS) is 16.6. The number of nitrogens with zero attached hydrogens (tertiary/aromatic N) is 7. The summed E-state index contributed by atoms with van der Waals surface area (Å²) in [5, 5.41) is 15.0. The topological polar surface area (TPSA) is 151 Å². The predicted octanol–water partition coefficient (Wildman–Crippen LogP) is 4.42. The van der Waals surface area contributed by atoms with Gasteiger partial charge in [-0.15, -0.1) is 0 Å². The zero-order valence-electron chi connectivity index (χ0n) is 25.7. The van der Waals surface area contributed by atoms with E-state index in [-0.39, 0.29) is 18.6 Å². The van der Waals surface area contributed by atoms with Crippen molar-refractivity contribution < 1.29 is 9.53 Å². The van der Waals surface area contributed by atoms with Gasteiger partial charge in [0.2, 0.25) is 23.7 Å². The van der Waals surface area contributed by atoms with Crippen LogP contribution in [0.15, 0.2) is 48.9 Å². The quantitative estimate of drug-likeness (QED) is 0.170. The Morgan fingerprint density at radius 2 is 2.00 bits per heavy atom. The molecule has 232 valence electrons. The molecule has 0 bridgehead atoms. The van der Waals surface area contributed by atoms with Crippen LogP contribution in [0.3, 0.4) is 0 Å². The molecular formula is C32H37N11O2. The number of para-hydroxylation sites is 1. The molecule has 1 aliphatic heterocycles. The summed E-state index contributed by atoms with van der Waals surface area (Å²) < 4.78 is 7.94. The first-order chi connectivity index (χ1) is 21.9. The van der Waals surface area contributed by atoms with Crippen molar-refractivity contribution in [1.29, 1.82) is 0 Å². The Kier molecular flexibility index (Phi) is 7.76. The molecule has 4 aromatic heterocycles. The van der Waals surface area contributed by atoms with E-state index in [1.807, 2.05) is 51.4 Å². The maximum absolute atomic E-state index is 13.2. The number of carbonyl (C=O) groups is 1. The number of amides is 1. The second-order valence-corrected chi connectivity index (χ2v) is 11.9. The molecule has 5 heterocycles. The van der Waals surface area contributed by atoms with E-state index in [4.69, 9.17) is 9.72 Å². The van der Waals surface area contributed by atoms with Crippen LogP contribution >= 0.6 is 0 Å². The maximum Gasteiger partial charge on any atom is 0.238 e. The fourth-order valence-corrected chi connectivity index (χ4v) is 5.62. The predicted molar refractivity (Wildman–Crippen MR) is 173 cm³/mol. The number of ether oxygens (including phenoxy) is 1. The minimum absolute atomic E-state index is 0.0319. The summed E-state index contributed by atoms with van der Waals surface area (Å²) >= 11 is 0. The largest absolute Gasteiger partial charge is 0.473 e. The van der Waals surface area contributed by atoms with Gasteiger partial charge in [-0.05, 0) is 50.7 Å². The van der Waals surface area contributed by atoms with Crippen LogP contribution in [0.25, 0.3) is 22.2 Å². The van der Waals surface area contributed by atoms with E-state index in [1.165, 1.54) is 12.8 Å². The second kappa shape index (κ2) is 12.2. The van der Waals surface area contributed by atoms with Crippen LogP contribution in [0.1, 0.15) is 30.5 Å². The van der Waals surface area contributed by atoms with Crippen LogP contribution in [0, 0.1) is 19.8 Å². The lowest BCUT2D eigenvalue weighted by molar-refractivity contribution is -0.117. The first kappa shape index (κ1) is 28.7. The highest BCUT2D eigenvalue weighted by Crippen LogP contribution is 2.34. The average molecular weight is 608 g/mol. The lowest BCUT2D eigenvalue weighted by Gasteiger charge is -2.17. The van der Waals surface area contributed by atoms with E-state index < -0.39 is 0 Å². The third kappa shape index (κ3) is 6.58. The lowest BCUT2D eigenvalue weighted by Crippen LogP contribution is -2.33. The number of nitrogens with one attached hydrogen (secondary N) is 4. The summed E-state index contributed by atoms with van der Waals surface area (Å²) in [7, 11) is 1.89. The summed E-state index contributed by atoms with van der Waals surface area (Å²) in [4.78, 5) is 36.7. The monoisotopic (exact) mass is 607 g/mol. The standard InChI is InChI=1S/C32H37N11O2/c1-19-14-35-32(38-26-13-20(2)42(3)41-26)40-29(19)24-16-34-30-23(24)5-4-6-25(30)37-27(44)18-43-12-10-22(17-43)45-28-9-11-33-31(39-28)36-15-21-7-8-21/h4-6,9,11,13-14,16,21-22,34H,7-8,10,12,15,17-18H2,1-3H3,(H,37,44)(H,33,36,39)(H,35,38,40,41). The SMILES string of the molecule is Cc1cnc(Nc2cc(C)n(C)n2)nc1-c1c[nH]c2c(NC(=O)CN3CCC(Oc4ccnc(NCC5CC5)n4)C3)cccc12. The fourth-order valence-electron chi connectivity index (χ4n) is 5.62. The van der Waals surface area contributed by atoms with Crippen LogP contribution in [0.4, 0.5) is 23.4 Å². The number of benzene rings is 1. The van der Waals surface area contributed by atoms with Crippen molar-refractivity contribution in [2.45, 2.75) is 39.2 Å². The van der Waals surface area contributed by atoms with Crippen LogP contribution in [-0.2, 0) is 11.8 Å². The van der Waals surface area contributed by atoms with E-state index in [0.717, 1.165) is 64.5 Å². The molecule has 1 unspecified atom stereocenters. The lowest BCUT2D eigenvalue weighted by atomic mass is 10.1. The Hall–Kier alpha value is -5.04. The minimum Gasteiger partial charge on any atom is -0.473 e. The number of carbonyl (C=O) groups excluding carboxylic acids is 1. The molecule has 4 N–H and O–H groups in total. The van der Waals surface area contributed by atoms with E-state index >= 15 is 0 Å². The van der Waals surface area contributed by atoms with Crippen molar-refractivity contribution >= 4 is 40.2 Å². The smallest absolute Gasteiger partial charge is 0.238 e. The zero-order chi connectivity index (χ0) is 30.9. The van der Waals surface area contributed by atoms with E-state index in [2.05, 4.69) is 45.9 Å². The van der Waals surface area contributed by atoms with Gasteiger partial charge < -0.3 is 25.7 Å². The molecule has 45 heavy (non-hydrogen) atoms. The Bertz CT molecular complexity index is 1820. The van der Waals surface area contributed by atoms with Crippen LogP contribution in [-0.4, -0.2) is 77.8 Å². The highest BCUT2D eigenvalue weighted by atomic mass is 16.5. The Labute approximate surface area is 260 Å². The zero-order valence-corrected chi connectivity index (χ0v) is 25.7. The molecule has 1 saturated heterocycles. The number of hydrogen-bond donors (Lipinski definition) is 4. The van der Waals surface area contributed by atoms with Gasteiger partial charge in [0.1, 0.15) is 6.10 Å². The minimum atomic E-state index is -0.0803. The van der Waals surface area contributed by atoms with Gasteiger partial charge >= 0.3 is 0 Å². The number of aromatic nitrogens is 7. The summed E-state index contributed by atoms with van der Waals surface area (Å²) in [5.41, 5.74) is 5.25. The van der Waals surface area contributed by atoms with Crippen molar-refractivity contribution in [2.24, 2.45) is 13.0 Å². The first-order valence-corrected chi connectivity index (χ1v) is 15.4. The van der Waals surface area contributed by atoms with Gasteiger partial charge in [-0.1, -0.05) is 12.1 Å². The molecule has 5 aromatic rings. The number of H-pyrrole nitrogens is 1. The maximum atomic E-state index is 13.2. The fraction of sp³-hybridized carbons (Fsp3) is 0.375. The molecule has 1 atom stereocenters. The third-order valence-electron chi connectivity index (χ3n) is 8.33. The van der Waals surface area contributed by atoms with Crippen LogP contribution in [0.5, 0.6) is 5.88 Å². The van der Waals surface area contributed by atoms with Crippen LogP contribution < -0.4 is 20.7 Å². The molecule has 1 aromatic carbocycles. The number of anilines is 4. The molecule has 13 nitrogen and oxygen atoms in total. The molecule has 1 amide bonds. The molecule has 13 heteroatoms. The van der Waals surface area contributed by atoms with Crippen molar-refractivity contribution in [3.05, 3.63) is 60.2 Å². The molecule has 0 radical (unpaired) electrons. The summed E-state index contributed by atoms with van der Waals surface area (Å²) in [5.74, 6) is 2.96. The van der Waals surface area contributed by atoms with E-state index in [9.17, 15) is 4.79 Å². The molecule has 2 aliphatic rings. The molecular weight excluding hydrogens is 570 g/mol. The number of hydrogen-bond acceptors (Lipinski definition) is 10. The van der Waals surface area contributed by atoms with Gasteiger partial charge in [-0.3, -0.25) is 14.4 Å². The van der Waals surface area contributed by atoms with E-state index in [0.29, 0.717) is 30.1 Å².